The van der Waals surface area contributed by atoms with Gasteiger partial charge >= 0.3 is 0 Å². The zero-order chi connectivity index (χ0) is 13.3. The van der Waals surface area contributed by atoms with Crippen molar-refractivity contribution in [3.05, 3.63) is 61.6 Å². The molecule has 0 radical (unpaired) electrons. The molecule has 0 fully saturated rings. The second-order valence-corrected chi connectivity index (χ2v) is 4.72. The lowest BCUT2D eigenvalue weighted by Crippen LogP contribution is -1.89. The fraction of sp³-hybridized carbons (Fsp3) is 0. The lowest BCUT2D eigenvalue weighted by atomic mass is 10.0. The summed E-state index contributed by atoms with van der Waals surface area (Å²) in [4.78, 5) is 10.3. The molecule has 92 valence electrons. The van der Waals surface area contributed by atoms with Gasteiger partial charge in [0, 0.05) is 28.3 Å². The van der Waals surface area contributed by atoms with E-state index in [0.29, 0.717) is 26.2 Å². The van der Waals surface area contributed by atoms with Gasteiger partial charge in [0.1, 0.15) is 0 Å². The maximum Gasteiger partial charge on any atom is 0.270 e. The van der Waals surface area contributed by atoms with E-state index in [1.807, 2.05) is 0 Å². The van der Waals surface area contributed by atoms with Gasteiger partial charge in [0.05, 0.1) is 15.0 Å². The Balaban J connectivity index is 2.66. The molecule has 0 aliphatic heterocycles. The minimum atomic E-state index is -0.488. The van der Waals surface area contributed by atoms with E-state index in [2.05, 4.69) is 0 Å². The number of benzene rings is 2. The van der Waals surface area contributed by atoms with Gasteiger partial charge in [0.25, 0.3) is 5.69 Å². The molecular formula is C12H6Cl3NO2. The number of nitrogens with zero attached hydrogens (tertiary/aromatic N) is 1. The highest BCUT2D eigenvalue weighted by Crippen LogP contribution is 2.38. The molecule has 2 aromatic carbocycles. The fourth-order valence-corrected chi connectivity index (χ4v) is 2.17. The summed E-state index contributed by atoms with van der Waals surface area (Å²) in [6, 6.07) is 9.23. The third-order valence-corrected chi connectivity index (χ3v) is 3.55. The summed E-state index contributed by atoms with van der Waals surface area (Å²) < 4.78 is 0. The number of hydrogen-bond donors (Lipinski definition) is 0. The van der Waals surface area contributed by atoms with Gasteiger partial charge < -0.3 is 0 Å². The summed E-state index contributed by atoms with van der Waals surface area (Å²) in [6.07, 6.45) is 0. The maximum absolute atomic E-state index is 10.8. The lowest BCUT2D eigenvalue weighted by molar-refractivity contribution is -0.384. The molecular weight excluding hydrogens is 296 g/mol. The summed E-state index contributed by atoms with van der Waals surface area (Å²) in [6.45, 7) is 0. The Morgan fingerprint density at radius 2 is 1.67 bits per heavy atom. The van der Waals surface area contributed by atoms with Gasteiger partial charge in [-0.2, -0.15) is 0 Å². The van der Waals surface area contributed by atoms with Crippen LogP contribution in [0.25, 0.3) is 11.1 Å². The Morgan fingerprint density at radius 3 is 2.33 bits per heavy atom. The van der Waals surface area contributed by atoms with E-state index >= 15 is 0 Å². The highest BCUT2D eigenvalue weighted by atomic mass is 35.5. The quantitative estimate of drug-likeness (QED) is 0.563. The van der Waals surface area contributed by atoms with E-state index in [4.69, 9.17) is 34.8 Å². The van der Waals surface area contributed by atoms with Gasteiger partial charge in [-0.3, -0.25) is 10.1 Å². The third kappa shape index (κ3) is 2.43. The minimum Gasteiger partial charge on any atom is -0.258 e. The van der Waals surface area contributed by atoms with Gasteiger partial charge in [-0.15, -0.1) is 0 Å². The van der Waals surface area contributed by atoms with E-state index in [-0.39, 0.29) is 5.69 Å². The van der Waals surface area contributed by atoms with Crippen molar-refractivity contribution in [1.82, 2.24) is 0 Å². The van der Waals surface area contributed by atoms with Crippen molar-refractivity contribution in [3.63, 3.8) is 0 Å². The Kier molecular flexibility index (Phi) is 3.76. The molecule has 6 heteroatoms. The molecule has 0 aliphatic carbocycles. The van der Waals surface area contributed by atoms with Crippen LogP contribution in [0.15, 0.2) is 36.4 Å². The Labute approximate surface area is 118 Å². The lowest BCUT2D eigenvalue weighted by Gasteiger charge is -2.07. The van der Waals surface area contributed by atoms with Crippen molar-refractivity contribution in [1.29, 1.82) is 0 Å². The van der Waals surface area contributed by atoms with Gasteiger partial charge in [0.15, 0.2) is 0 Å². The molecule has 0 N–H and O–H groups in total. The smallest absolute Gasteiger partial charge is 0.258 e. The maximum atomic E-state index is 10.8. The van der Waals surface area contributed by atoms with E-state index < -0.39 is 4.92 Å². The second-order valence-electron chi connectivity index (χ2n) is 3.52. The van der Waals surface area contributed by atoms with Crippen molar-refractivity contribution in [2.24, 2.45) is 0 Å². The molecule has 0 spiro atoms. The summed E-state index contributed by atoms with van der Waals surface area (Å²) in [5, 5.41) is 11.8. The summed E-state index contributed by atoms with van der Waals surface area (Å²) in [5.74, 6) is 0. The van der Waals surface area contributed by atoms with Crippen LogP contribution in [0.4, 0.5) is 5.69 Å². The van der Waals surface area contributed by atoms with Crippen LogP contribution in [0.5, 0.6) is 0 Å². The molecule has 0 aromatic heterocycles. The average Bonchev–Trinajstić information content (AvgIpc) is 2.33. The molecule has 2 aromatic rings. The molecule has 3 nitrogen and oxygen atoms in total. The number of rotatable bonds is 2. The van der Waals surface area contributed by atoms with E-state index in [1.54, 1.807) is 18.2 Å². The molecule has 0 aliphatic rings. The average molecular weight is 303 g/mol. The van der Waals surface area contributed by atoms with Crippen LogP contribution in [0, 0.1) is 10.1 Å². The largest absolute Gasteiger partial charge is 0.270 e. The number of non-ortho nitro benzene ring substituents is 1. The molecule has 0 unspecified atom stereocenters. The van der Waals surface area contributed by atoms with Crippen LogP contribution in [-0.2, 0) is 0 Å². The highest BCUT2D eigenvalue weighted by molar-refractivity contribution is 6.44. The first-order valence-corrected chi connectivity index (χ1v) is 6.02. The van der Waals surface area contributed by atoms with Crippen LogP contribution in [-0.4, -0.2) is 4.92 Å². The Bertz CT molecular complexity index is 629. The van der Waals surface area contributed by atoms with Crippen molar-refractivity contribution in [2.75, 3.05) is 0 Å². The zero-order valence-electron chi connectivity index (χ0n) is 8.86. The predicted octanol–water partition coefficient (Wildman–Crippen LogP) is 5.22. The molecule has 0 saturated heterocycles. The van der Waals surface area contributed by atoms with E-state index in [0.717, 1.165) is 0 Å². The minimum absolute atomic E-state index is 0.0505. The first-order valence-electron chi connectivity index (χ1n) is 4.89. The summed E-state index contributed by atoms with van der Waals surface area (Å²) >= 11 is 18.0. The van der Waals surface area contributed by atoms with Crippen LogP contribution in [0.3, 0.4) is 0 Å². The van der Waals surface area contributed by atoms with Crippen molar-refractivity contribution < 1.29 is 4.92 Å². The van der Waals surface area contributed by atoms with Gasteiger partial charge in [-0.05, 0) is 12.1 Å². The molecule has 0 heterocycles. The molecule has 18 heavy (non-hydrogen) atoms. The molecule has 0 amide bonds. The van der Waals surface area contributed by atoms with Crippen molar-refractivity contribution in [3.8, 4) is 11.1 Å². The topological polar surface area (TPSA) is 43.1 Å². The fourth-order valence-electron chi connectivity index (χ4n) is 1.55. The molecule has 0 bridgehead atoms. The van der Waals surface area contributed by atoms with Gasteiger partial charge in [0.2, 0.25) is 0 Å². The standard InChI is InChI=1S/C12H6Cl3NO2/c13-10-5-4-7(16(17)18)6-9(10)8-2-1-3-11(14)12(8)15/h1-6H. The van der Waals surface area contributed by atoms with Crippen LogP contribution < -0.4 is 0 Å². The first kappa shape index (κ1) is 13.1. The van der Waals surface area contributed by atoms with Crippen molar-refractivity contribution >= 4 is 40.5 Å². The Hall–Kier alpha value is -1.29. The summed E-state index contributed by atoms with van der Waals surface area (Å²) in [5.41, 5.74) is 1.00. The third-order valence-electron chi connectivity index (χ3n) is 2.40. The van der Waals surface area contributed by atoms with Gasteiger partial charge in [-0.25, -0.2) is 0 Å². The van der Waals surface area contributed by atoms with E-state index in [9.17, 15) is 10.1 Å². The van der Waals surface area contributed by atoms with Crippen LogP contribution >= 0.6 is 34.8 Å². The molecule has 0 saturated carbocycles. The Morgan fingerprint density at radius 1 is 0.944 bits per heavy atom. The zero-order valence-corrected chi connectivity index (χ0v) is 11.1. The monoisotopic (exact) mass is 301 g/mol. The number of nitro groups is 1. The van der Waals surface area contributed by atoms with Crippen LogP contribution in [0.2, 0.25) is 15.1 Å². The predicted molar refractivity (Wildman–Crippen MR) is 73.6 cm³/mol. The van der Waals surface area contributed by atoms with E-state index in [1.165, 1.54) is 18.2 Å². The van der Waals surface area contributed by atoms with Crippen molar-refractivity contribution in [2.45, 2.75) is 0 Å². The molecule has 2 rings (SSSR count). The van der Waals surface area contributed by atoms with Crippen LogP contribution in [0.1, 0.15) is 0 Å². The number of halogens is 3. The number of hydrogen-bond acceptors (Lipinski definition) is 2. The van der Waals surface area contributed by atoms with Gasteiger partial charge in [-0.1, -0.05) is 46.9 Å². The normalized spacial score (nSPS) is 10.4. The SMILES string of the molecule is O=[N+]([O-])c1ccc(Cl)c(-c2cccc(Cl)c2Cl)c1. The second kappa shape index (κ2) is 5.14. The first-order chi connectivity index (χ1) is 8.50. The summed E-state index contributed by atoms with van der Waals surface area (Å²) in [7, 11) is 0. The highest BCUT2D eigenvalue weighted by Gasteiger charge is 2.14. The number of nitro benzene ring substituents is 1. The molecule has 0 atom stereocenters.